The van der Waals surface area contributed by atoms with Gasteiger partial charge in [0.1, 0.15) is 5.60 Å². The first-order chi connectivity index (χ1) is 10.8. The van der Waals surface area contributed by atoms with Crippen LogP contribution < -0.4 is 0 Å². The van der Waals surface area contributed by atoms with Crippen LogP contribution in [0.15, 0.2) is 0 Å². The summed E-state index contributed by atoms with van der Waals surface area (Å²) in [4.78, 5) is 26.0. The largest absolute Gasteiger partial charge is 0.464 e. The molecule has 1 atom stereocenters. The van der Waals surface area contributed by atoms with E-state index in [0.29, 0.717) is 12.2 Å². The first-order valence-corrected chi connectivity index (χ1v) is 7.77. The first kappa shape index (κ1) is 17.2. The highest BCUT2D eigenvalue weighted by atomic mass is 16.6. The zero-order valence-electron chi connectivity index (χ0n) is 14.3. The van der Waals surface area contributed by atoms with Gasteiger partial charge >= 0.3 is 12.1 Å². The average molecular weight is 324 g/mol. The Balaban J connectivity index is 2.29. The molecule has 1 aliphatic rings. The van der Waals surface area contributed by atoms with E-state index in [1.807, 2.05) is 20.8 Å². The smallest absolute Gasteiger partial charge is 0.410 e. The molecule has 1 amide bonds. The molecule has 128 valence electrons. The Kier molecular flexibility index (Phi) is 4.91. The molecule has 0 saturated carbocycles. The van der Waals surface area contributed by atoms with E-state index in [9.17, 15) is 9.59 Å². The van der Waals surface area contributed by atoms with E-state index in [1.165, 1.54) is 7.11 Å². The van der Waals surface area contributed by atoms with E-state index >= 15 is 0 Å². The maximum atomic E-state index is 12.5. The van der Waals surface area contributed by atoms with E-state index in [4.69, 9.17) is 9.47 Å². The van der Waals surface area contributed by atoms with Gasteiger partial charge in [-0.05, 0) is 27.2 Å². The Morgan fingerprint density at radius 2 is 2.04 bits per heavy atom. The Morgan fingerprint density at radius 1 is 1.35 bits per heavy atom. The number of amides is 1. The van der Waals surface area contributed by atoms with Gasteiger partial charge in [0.25, 0.3) is 0 Å². The first-order valence-electron chi connectivity index (χ1n) is 7.77. The van der Waals surface area contributed by atoms with Crippen molar-refractivity contribution < 1.29 is 19.1 Å². The summed E-state index contributed by atoms with van der Waals surface area (Å²) < 4.78 is 11.9. The monoisotopic (exact) mass is 324 g/mol. The third kappa shape index (κ3) is 3.80. The van der Waals surface area contributed by atoms with Crippen LogP contribution in [0, 0.1) is 0 Å². The fourth-order valence-electron chi connectivity index (χ4n) is 2.59. The second kappa shape index (κ2) is 6.55. The molecule has 1 aromatic rings. The molecule has 1 aliphatic heterocycles. The molecule has 0 spiro atoms. The molecule has 23 heavy (non-hydrogen) atoms. The molecule has 8 heteroatoms. The van der Waals surface area contributed by atoms with Crippen molar-refractivity contribution in [1.82, 2.24) is 19.9 Å². The second-order valence-electron chi connectivity index (χ2n) is 6.61. The number of carbonyl (C=O) groups is 2. The maximum absolute atomic E-state index is 12.5. The molecule has 0 bridgehead atoms. The topological polar surface area (TPSA) is 86.6 Å². The lowest BCUT2D eigenvalue weighted by molar-refractivity contribution is 0.00519. The van der Waals surface area contributed by atoms with Crippen molar-refractivity contribution in [2.75, 3.05) is 7.11 Å². The van der Waals surface area contributed by atoms with E-state index in [1.54, 1.807) is 9.58 Å². The highest BCUT2D eigenvalue weighted by Crippen LogP contribution is 2.24. The fraction of sp³-hybridized carbons (Fsp3) is 0.733. The third-order valence-electron chi connectivity index (χ3n) is 3.61. The van der Waals surface area contributed by atoms with Crippen LogP contribution in [-0.4, -0.2) is 50.7 Å². The zero-order chi connectivity index (χ0) is 17.2. The lowest BCUT2D eigenvalue weighted by Gasteiger charge is -2.36. The van der Waals surface area contributed by atoms with Gasteiger partial charge in [0.05, 0.1) is 31.9 Å². The van der Waals surface area contributed by atoms with Crippen LogP contribution in [0.2, 0.25) is 0 Å². The van der Waals surface area contributed by atoms with Crippen molar-refractivity contribution in [3.05, 3.63) is 11.4 Å². The molecule has 2 heterocycles. The van der Waals surface area contributed by atoms with Crippen LogP contribution in [0.25, 0.3) is 0 Å². The summed E-state index contributed by atoms with van der Waals surface area (Å²) in [5.74, 6) is -0.552. The normalized spacial score (nSPS) is 17.6. The van der Waals surface area contributed by atoms with Gasteiger partial charge in [-0.2, -0.15) is 0 Å². The molecule has 0 N–H and O–H groups in total. The lowest BCUT2D eigenvalue weighted by Crippen LogP contribution is -2.48. The number of carbonyl (C=O) groups excluding carboxylic acids is 2. The van der Waals surface area contributed by atoms with Crippen LogP contribution in [-0.2, 0) is 22.6 Å². The van der Waals surface area contributed by atoms with Crippen LogP contribution in [0.3, 0.4) is 0 Å². The number of hydrogen-bond donors (Lipinski definition) is 0. The fourth-order valence-corrected chi connectivity index (χ4v) is 2.59. The van der Waals surface area contributed by atoms with Gasteiger partial charge in [0, 0.05) is 0 Å². The number of ether oxygens (including phenoxy) is 2. The zero-order valence-corrected chi connectivity index (χ0v) is 14.3. The number of rotatable bonds is 3. The van der Waals surface area contributed by atoms with Crippen molar-refractivity contribution in [2.24, 2.45) is 0 Å². The van der Waals surface area contributed by atoms with Crippen LogP contribution in [0.1, 0.15) is 56.7 Å². The molecular formula is C15H24N4O4. The van der Waals surface area contributed by atoms with Gasteiger partial charge in [0.15, 0.2) is 5.69 Å². The van der Waals surface area contributed by atoms with E-state index < -0.39 is 11.6 Å². The minimum absolute atomic E-state index is 0.0328. The number of nitrogens with zero attached hydrogens (tertiary/aromatic N) is 4. The molecule has 2 rings (SSSR count). The Labute approximate surface area is 135 Å². The molecule has 0 fully saturated rings. The molecule has 0 aliphatic carbocycles. The number of aromatic nitrogens is 3. The van der Waals surface area contributed by atoms with Gasteiger partial charge in [-0.25, -0.2) is 14.3 Å². The minimum Gasteiger partial charge on any atom is -0.464 e. The van der Waals surface area contributed by atoms with Crippen molar-refractivity contribution in [1.29, 1.82) is 0 Å². The van der Waals surface area contributed by atoms with Gasteiger partial charge in [-0.15, -0.1) is 5.10 Å². The van der Waals surface area contributed by atoms with Crippen molar-refractivity contribution >= 4 is 12.1 Å². The second-order valence-corrected chi connectivity index (χ2v) is 6.61. The Morgan fingerprint density at radius 3 is 2.61 bits per heavy atom. The SMILES string of the molecule is CCC[C@H]1Cn2nnc(C(=O)OC)c2CN1C(=O)OC(C)(C)C. The van der Waals surface area contributed by atoms with Gasteiger partial charge in [-0.3, -0.25) is 4.90 Å². The molecule has 0 unspecified atom stereocenters. The van der Waals surface area contributed by atoms with Gasteiger partial charge in [-0.1, -0.05) is 18.6 Å². The molecule has 0 aromatic carbocycles. The maximum Gasteiger partial charge on any atom is 0.410 e. The average Bonchev–Trinajstić information content (AvgIpc) is 2.87. The highest BCUT2D eigenvalue weighted by molar-refractivity contribution is 5.88. The number of fused-ring (bicyclic) bond motifs is 1. The van der Waals surface area contributed by atoms with Crippen molar-refractivity contribution in [3.63, 3.8) is 0 Å². The summed E-state index contributed by atoms with van der Waals surface area (Å²) >= 11 is 0. The molecule has 0 radical (unpaired) electrons. The van der Waals surface area contributed by atoms with Crippen molar-refractivity contribution in [3.8, 4) is 0 Å². The molecule has 1 aromatic heterocycles. The number of esters is 1. The summed E-state index contributed by atoms with van der Waals surface area (Å²) in [5.41, 5.74) is 0.153. The lowest BCUT2D eigenvalue weighted by atomic mass is 10.1. The van der Waals surface area contributed by atoms with Crippen LogP contribution in [0.4, 0.5) is 4.79 Å². The molecule has 8 nitrogen and oxygen atoms in total. The standard InChI is InChI=1S/C15H24N4O4/c1-6-7-10-8-19-11(12(16-17-19)13(20)22-5)9-18(10)14(21)23-15(2,3)4/h10H,6-9H2,1-5H3/t10-/m0/s1. The summed E-state index contributed by atoms with van der Waals surface area (Å²) in [5, 5.41) is 7.90. The molecular weight excluding hydrogens is 300 g/mol. The summed E-state index contributed by atoms with van der Waals surface area (Å²) in [6, 6.07) is -0.0328. The van der Waals surface area contributed by atoms with Crippen LogP contribution >= 0.6 is 0 Å². The van der Waals surface area contributed by atoms with E-state index in [2.05, 4.69) is 17.2 Å². The summed E-state index contributed by atoms with van der Waals surface area (Å²) in [6.45, 7) is 8.27. The van der Waals surface area contributed by atoms with Crippen molar-refractivity contribution in [2.45, 2.75) is 65.3 Å². The number of methoxy groups -OCH3 is 1. The predicted octanol–water partition coefficient (Wildman–Crippen LogP) is 1.98. The third-order valence-corrected chi connectivity index (χ3v) is 3.61. The van der Waals surface area contributed by atoms with Gasteiger partial charge in [0.2, 0.25) is 0 Å². The van der Waals surface area contributed by atoms with E-state index in [0.717, 1.165) is 12.8 Å². The Hall–Kier alpha value is -2.12. The number of hydrogen-bond acceptors (Lipinski definition) is 6. The van der Waals surface area contributed by atoms with Crippen LogP contribution in [0.5, 0.6) is 0 Å². The summed E-state index contributed by atoms with van der Waals surface area (Å²) in [7, 11) is 1.29. The van der Waals surface area contributed by atoms with E-state index in [-0.39, 0.29) is 24.4 Å². The Bertz CT molecular complexity index is 591. The minimum atomic E-state index is -0.574. The highest BCUT2D eigenvalue weighted by Gasteiger charge is 2.36. The summed E-state index contributed by atoms with van der Waals surface area (Å²) in [6.07, 6.45) is 1.36. The van der Waals surface area contributed by atoms with Gasteiger partial charge < -0.3 is 9.47 Å². The predicted molar refractivity (Wildman–Crippen MR) is 81.8 cm³/mol. The quantitative estimate of drug-likeness (QED) is 0.790. The molecule has 0 saturated heterocycles.